The van der Waals surface area contributed by atoms with Crippen LogP contribution in [-0.4, -0.2) is 55.1 Å². The summed E-state index contributed by atoms with van der Waals surface area (Å²) in [7, 11) is 0. The highest BCUT2D eigenvalue weighted by molar-refractivity contribution is 14.0. The molecule has 32 heavy (non-hydrogen) atoms. The second-order valence-corrected chi connectivity index (χ2v) is 8.42. The van der Waals surface area contributed by atoms with Gasteiger partial charge < -0.3 is 20.0 Å². The van der Waals surface area contributed by atoms with Gasteiger partial charge in [0.05, 0.1) is 18.8 Å². The van der Waals surface area contributed by atoms with Gasteiger partial charge in [-0.1, -0.05) is 0 Å². The van der Waals surface area contributed by atoms with E-state index < -0.39 is 0 Å². The number of halogens is 1. The Labute approximate surface area is 209 Å². The molecular formula is C24H37IN6O. The first-order chi connectivity index (χ1) is 15.3. The number of furan rings is 1. The molecule has 2 aromatic rings. The van der Waals surface area contributed by atoms with Crippen molar-refractivity contribution in [1.82, 2.24) is 20.5 Å². The fourth-order valence-corrected chi connectivity index (χ4v) is 4.50. The molecule has 2 fully saturated rings. The van der Waals surface area contributed by atoms with Crippen LogP contribution in [-0.2, 0) is 6.54 Å². The predicted molar refractivity (Wildman–Crippen MR) is 141 cm³/mol. The largest absolute Gasteiger partial charge is 0.468 e. The summed E-state index contributed by atoms with van der Waals surface area (Å²) in [6.45, 7) is 8.79. The van der Waals surface area contributed by atoms with Gasteiger partial charge in [-0.25, -0.2) is 9.98 Å². The van der Waals surface area contributed by atoms with Crippen LogP contribution in [0.15, 0.2) is 46.1 Å². The molecule has 0 amide bonds. The third-order valence-corrected chi connectivity index (χ3v) is 6.17. The van der Waals surface area contributed by atoms with E-state index in [1.54, 1.807) is 6.26 Å². The summed E-state index contributed by atoms with van der Waals surface area (Å²) in [5, 5.41) is 6.93. The Balaban J connectivity index is 0.00000289. The molecule has 7 nitrogen and oxygen atoms in total. The van der Waals surface area contributed by atoms with E-state index in [9.17, 15) is 0 Å². The van der Waals surface area contributed by atoms with Gasteiger partial charge in [0.25, 0.3) is 0 Å². The molecule has 0 bridgehead atoms. The minimum absolute atomic E-state index is 0. The average molecular weight is 553 g/mol. The van der Waals surface area contributed by atoms with Crippen molar-refractivity contribution in [3.8, 4) is 0 Å². The monoisotopic (exact) mass is 552 g/mol. The van der Waals surface area contributed by atoms with Crippen LogP contribution in [0.5, 0.6) is 0 Å². The number of hydrogen-bond acceptors (Lipinski definition) is 5. The number of rotatable bonds is 8. The first-order valence-corrected chi connectivity index (χ1v) is 11.8. The van der Waals surface area contributed by atoms with Crippen molar-refractivity contribution >= 4 is 35.8 Å². The summed E-state index contributed by atoms with van der Waals surface area (Å²) in [6, 6.07) is 8.53. The van der Waals surface area contributed by atoms with Gasteiger partial charge in [0.15, 0.2) is 5.96 Å². The van der Waals surface area contributed by atoms with Gasteiger partial charge in [-0.2, -0.15) is 0 Å². The zero-order valence-corrected chi connectivity index (χ0v) is 21.5. The van der Waals surface area contributed by atoms with Crippen molar-refractivity contribution in [1.29, 1.82) is 0 Å². The molecule has 2 N–H and O–H groups in total. The fraction of sp³-hybridized carbons (Fsp3) is 0.583. The number of likely N-dealkylation sites (tertiary alicyclic amines) is 1. The van der Waals surface area contributed by atoms with E-state index in [1.807, 2.05) is 12.3 Å². The molecule has 176 valence electrons. The highest BCUT2D eigenvalue weighted by Crippen LogP contribution is 2.25. The Morgan fingerprint density at radius 1 is 1.09 bits per heavy atom. The molecule has 2 aromatic heterocycles. The third kappa shape index (κ3) is 6.84. The minimum Gasteiger partial charge on any atom is -0.468 e. The van der Waals surface area contributed by atoms with Gasteiger partial charge in [-0.15, -0.1) is 24.0 Å². The van der Waals surface area contributed by atoms with Gasteiger partial charge in [0.2, 0.25) is 0 Å². The van der Waals surface area contributed by atoms with Crippen LogP contribution >= 0.6 is 24.0 Å². The number of aromatic nitrogens is 1. The zero-order valence-electron chi connectivity index (χ0n) is 19.1. The molecule has 0 radical (unpaired) electrons. The summed E-state index contributed by atoms with van der Waals surface area (Å²) < 4.78 is 5.75. The normalized spacial score (nSPS) is 18.3. The van der Waals surface area contributed by atoms with Crippen molar-refractivity contribution in [3.63, 3.8) is 0 Å². The number of pyridine rings is 1. The fourth-order valence-electron chi connectivity index (χ4n) is 4.50. The summed E-state index contributed by atoms with van der Waals surface area (Å²) in [5.74, 6) is 2.94. The summed E-state index contributed by atoms with van der Waals surface area (Å²) >= 11 is 0. The predicted octanol–water partition coefficient (Wildman–Crippen LogP) is 4.18. The van der Waals surface area contributed by atoms with Crippen LogP contribution in [0.3, 0.4) is 0 Å². The number of nitrogens with zero attached hydrogens (tertiary/aromatic N) is 4. The molecule has 4 rings (SSSR count). The van der Waals surface area contributed by atoms with Gasteiger partial charge in [0, 0.05) is 32.4 Å². The van der Waals surface area contributed by atoms with Crippen LogP contribution in [0, 0.1) is 0 Å². The van der Waals surface area contributed by atoms with Gasteiger partial charge >= 0.3 is 0 Å². The number of guanidine groups is 1. The number of anilines is 1. The Hall–Kier alpha value is -1.81. The van der Waals surface area contributed by atoms with E-state index in [0.717, 1.165) is 56.8 Å². The number of aliphatic imine (C=N–C) groups is 1. The van der Waals surface area contributed by atoms with E-state index >= 15 is 0 Å². The quantitative estimate of drug-likeness (QED) is 0.291. The maximum absolute atomic E-state index is 5.75. The molecule has 2 saturated heterocycles. The second-order valence-electron chi connectivity index (χ2n) is 8.42. The van der Waals surface area contributed by atoms with Crippen molar-refractivity contribution in [3.05, 3.63) is 48.0 Å². The number of nitrogens with one attached hydrogen (secondary N) is 2. The molecule has 1 atom stereocenters. The summed E-state index contributed by atoms with van der Waals surface area (Å²) in [6.07, 6.45) is 10.0. The van der Waals surface area contributed by atoms with Crippen LogP contribution in [0.1, 0.15) is 56.4 Å². The zero-order chi connectivity index (χ0) is 21.3. The Morgan fingerprint density at radius 3 is 2.59 bits per heavy atom. The smallest absolute Gasteiger partial charge is 0.191 e. The van der Waals surface area contributed by atoms with Crippen molar-refractivity contribution < 1.29 is 4.42 Å². The highest BCUT2D eigenvalue weighted by atomic mass is 127. The Bertz CT molecular complexity index is 816. The molecular weight excluding hydrogens is 515 g/mol. The first kappa shape index (κ1) is 24.8. The van der Waals surface area contributed by atoms with Gasteiger partial charge in [0.1, 0.15) is 11.6 Å². The van der Waals surface area contributed by atoms with Gasteiger partial charge in [-0.05, 0) is 81.9 Å². The summed E-state index contributed by atoms with van der Waals surface area (Å²) in [4.78, 5) is 14.3. The maximum Gasteiger partial charge on any atom is 0.191 e. The molecule has 8 heteroatoms. The Morgan fingerprint density at radius 2 is 1.88 bits per heavy atom. The second kappa shape index (κ2) is 13.0. The average Bonchev–Trinajstić information content (AvgIpc) is 3.54. The van der Waals surface area contributed by atoms with Crippen LogP contribution in [0.4, 0.5) is 5.82 Å². The van der Waals surface area contributed by atoms with Crippen LogP contribution in [0.25, 0.3) is 0 Å². The highest BCUT2D eigenvalue weighted by Gasteiger charge is 2.25. The van der Waals surface area contributed by atoms with E-state index in [0.29, 0.717) is 6.54 Å². The van der Waals surface area contributed by atoms with Crippen LogP contribution < -0.4 is 15.5 Å². The van der Waals surface area contributed by atoms with E-state index in [4.69, 9.17) is 9.41 Å². The molecule has 0 aromatic carbocycles. The van der Waals surface area contributed by atoms with Crippen LogP contribution in [0.2, 0.25) is 0 Å². The van der Waals surface area contributed by atoms with E-state index in [-0.39, 0.29) is 30.0 Å². The standard InChI is InChI=1S/C24H36N6O.HI/c1-2-25-24(28-19-21(22-9-8-16-31-22)29-12-6-7-13-29)27-18-20-10-11-26-23(17-20)30-14-4-3-5-15-30;/h8-11,16-17,21H,2-7,12-15,18-19H2,1H3,(H2,25,27,28);1H. The van der Waals surface area contributed by atoms with Crippen molar-refractivity contribution in [2.75, 3.05) is 44.2 Å². The minimum atomic E-state index is 0. The summed E-state index contributed by atoms with van der Waals surface area (Å²) in [5.41, 5.74) is 1.19. The SMILES string of the molecule is CCNC(=NCc1ccnc(N2CCCCC2)c1)NCC(c1ccco1)N1CCCC1.I. The Kier molecular flexibility index (Phi) is 10.1. The molecule has 1 unspecified atom stereocenters. The molecule has 0 spiro atoms. The number of piperidine rings is 1. The van der Waals surface area contributed by atoms with E-state index in [2.05, 4.69) is 50.5 Å². The number of hydrogen-bond donors (Lipinski definition) is 2. The van der Waals surface area contributed by atoms with Crippen molar-refractivity contribution in [2.24, 2.45) is 4.99 Å². The lowest BCUT2D eigenvalue weighted by Gasteiger charge is -2.28. The first-order valence-electron chi connectivity index (χ1n) is 11.8. The third-order valence-electron chi connectivity index (χ3n) is 6.17. The lowest BCUT2D eigenvalue weighted by molar-refractivity contribution is 0.215. The molecule has 0 saturated carbocycles. The van der Waals surface area contributed by atoms with Gasteiger partial charge in [-0.3, -0.25) is 4.90 Å². The molecule has 0 aliphatic carbocycles. The van der Waals surface area contributed by atoms with E-state index in [1.165, 1.54) is 37.7 Å². The molecule has 2 aliphatic heterocycles. The lowest BCUT2D eigenvalue weighted by Crippen LogP contribution is -2.42. The lowest BCUT2D eigenvalue weighted by atomic mass is 10.1. The molecule has 2 aliphatic rings. The van der Waals surface area contributed by atoms with Crippen molar-refractivity contribution in [2.45, 2.75) is 51.6 Å². The molecule has 4 heterocycles. The topological polar surface area (TPSA) is 68.9 Å². The maximum atomic E-state index is 5.75.